The molecular weight excluding hydrogens is 466 g/mol. The number of anilines is 1. The highest BCUT2D eigenvalue weighted by atomic mass is 16.4. The van der Waals surface area contributed by atoms with Crippen LogP contribution in [0.15, 0.2) is 70.0 Å². The molecule has 1 saturated heterocycles. The minimum atomic E-state index is -0.447. The molecule has 0 unspecified atom stereocenters. The Kier molecular flexibility index (Phi) is 7.37. The third kappa shape index (κ3) is 5.44. The van der Waals surface area contributed by atoms with E-state index in [2.05, 4.69) is 34.2 Å². The number of oxazole rings is 1. The van der Waals surface area contributed by atoms with Crippen molar-refractivity contribution in [1.29, 1.82) is 0 Å². The van der Waals surface area contributed by atoms with Gasteiger partial charge in [0.25, 0.3) is 5.91 Å². The summed E-state index contributed by atoms with van der Waals surface area (Å²) < 4.78 is 7.01. The molecule has 192 valence electrons. The second-order valence-corrected chi connectivity index (χ2v) is 9.42. The number of amides is 1. The van der Waals surface area contributed by atoms with Gasteiger partial charge in [0.1, 0.15) is 0 Å². The average molecular weight is 500 g/mol. The topological polar surface area (TPSA) is 83.6 Å². The van der Waals surface area contributed by atoms with E-state index in [1.54, 1.807) is 22.8 Å². The predicted octanol–water partition coefficient (Wildman–Crippen LogP) is 3.99. The molecule has 37 heavy (non-hydrogen) atoms. The fourth-order valence-electron chi connectivity index (χ4n) is 4.77. The van der Waals surface area contributed by atoms with Gasteiger partial charge >= 0.3 is 5.76 Å². The van der Waals surface area contributed by atoms with E-state index in [1.807, 2.05) is 37.4 Å². The second-order valence-electron chi connectivity index (χ2n) is 9.42. The van der Waals surface area contributed by atoms with Crippen LogP contribution in [0.2, 0.25) is 0 Å². The Labute approximate surface area is 216 Å². The number of nitrogens with one attached hydrogen (secondary N) is 1. The van der Waals surface area contributed by atoms with Gasteiger partial charge in [-0.15, -0.1) is 0 Å². The molecule has 0 saturated carbocycles. The van der Waals surface area contributed by atoms with Crippen molar-refractivity contribution >= 4 is 22.7 Å². The van der Waals surface area contributed by atoms with Gasteiger partial charge in [-0.3, -0.25) is 14.3 Å². The number of benzene rings is 2. The number of nitrogens with zero attached hydrogens (tertiary/aromatic N) is 4. The summed E-state index contributed by atoms with van der Waals surface area (Å²) in [5.74, 6) is -0.607. The van der Waals surface area contributed by atoms with E-state index >= 15 is 0 Å². The molecule has 0 radical (unpaired) electrons. The summed E-state index contributed by atoms with van der Waals surface area (Å²) in [5.41, 5.74) is 5.54. The normalized spacial score (nSPS) is 14.3. The van der Waals surface area contributed by atoms with E-state index in [9.17, 15) is 9.59 Å². The average Bonchev–Trinajstić information content (AvgIpc) is 3.25. The minimum absolute atomic E-state index is 0.160. The fourth-order valence-corrected chi connectivity index (χ4v) is 4.77. The van der Waals surface area contributed by atoms with Gasteiger partial charge in [0, 0.05) is 43.9 Å². The number of hydrogen-bond donors (Lipinski definition) is 1. The van der Waals surface area contributed by atoms with Crippen LogP contribution in [-0.2, 0) is 6.54 Å². The summed E-state index contributed by atoms with van der Waals surface area (Å²) in [6.45, 7) is 10.4. The summed E-state index contributed by atoms with van der Waals surface area (Å²) in [7, 11) is 0. The van der Waals surface area contributed by atoms with E-state index in [0.29, 0.717) is 29.8 Å². The van der Waals surface area contributed by atoms with Crippen LogP contribution in [0, 0.1) is 0 Å². The molecule has 3 heterocycles. The highest BCUT2D eigenvalue weighted by Gasteiger charge is 2.17. The Balaban J connectivity index is 1.35. The molecular formula is C29H33N5O3. The monoisotopic (exact) mass is 499 g/mol. The lowest BCUT2D eigenvalue weighted by Crippen LogP contribution is -2.46. The van der Waals surface area contributed by atoms with E-state index in [-0.39, 0.29) is 5.91 Å². The molecule has 1 amide bonds. The molecule has 1 aliphatic rings. The molecule has 8 nitrogen and oxygen atoms in total. The van der Waals surface area contributed by atoms with E-state index in [4.69, 9.17) is 9.40 Å². The van der Waals surface area contributed by atoms with Crippen molar-refractivity contribution < 1.29 is 9.21 Å². The van der Waals surface area contributed by atoms with Crippen LogP contribution >= 0.6 is 0 Å². The number of aromatic nitrogens is 2. The van der Waals surface area contributed by atoms with E-state index < -0.39 is 5.76 Å². The molecule has 4 aromatic rings. The largest absolute Gasteiger partial charge is 0.420 e. The molecule has 1 N–H and O–H groups in total. The quantitative estimate of drug-likeness (QED) is 0.395. The summed E-state index contributed by atoms with van der Waals surface area (Å²) in [6, 6.07) is 17.3. The smallest absolute Gasteiger partial charge is 0.408 e. The molecule has 8 heteroatoms. The second kappa shape index (κ2) is 11.0. The fraction of sp³-hybridized carbons (Fsp3) is 0.345. The van der Waals surface area contributed by atoms with Crippen molar-refractivity contribution in [2.24, 2.45) is 0 Å². The zero-order valence-electron chi connectivity index (χ0n) is 21.4. The molecule has 2 aromatic heterocycles. The zero-order valence-corrected chi connectivity index (χ0v) is 21.4. The summed E-state index contributed by atoms with van der Waals surface area (Å²) in [5, 5.41) is 2.88. The van der Waals surface area contributed by atoms with Gasteiger partial charge in [0.05, 0.1) is 29.6 Å². The first-order valence-electron chi connectivity index (χ1n) is 13.0. The maximum Gasteiger partial charge on any atom is 0.420 e. The maximum atomic E-state index is 12.7. The molecule has 0 bridgehead atoms. The summed E-state index contributed by atoms with van der Waals surface area (Å²) >= 11 is 0. The first-order valence-corrected chi connectivity index (χ1v) is 13.0. The Bertz CT molecular complexity index is 1430. The molecule has 1 fully saturated rings. The third-order valence-electron chi connectivity index (χ3n) is 6.96. The summed E-state index contributed by atoms with van der Waals surface area (Å²) in [6.07, 6.45) is 2.80. The third-order valence-corrected chi connectivity index (χ3v) is 6.96. The predicted molar refractivity (Wildman–Crippen MR) is 146 cm³/mol. The number of rotatable bonds is 8. The van der Waals surface area contributed by atoms with Crippen LogP contribution in [0.4, 0.5) is 5.69 Å². The van der Waals surface area contributed by atoms with Crippen molar-refractivity contribution in [2.75, 3.05) is 44.2 Å². The van der Waals surface area contributed by atoms with Gasteiger partial charge < -0.3 is 19.5 Å². The molecule has 2 aromatic carbocycles. The van der Waals surface area contributed by atoms with Crippen LogP contribution < -0.4 is 16.0 Å². The molecule has 5 rings (SSSR count). The number of likely N-dealkylation sites (N-methyl/N-ethyl adjacent to an activating group) is 1. The highest BCUT2D eigenvalue weighted by molar-refractivity contribution is 5.97. The van der Waals surface area contributed by atoms with Crippen LogP contribution in [0.3, 0.4) is 0 Å². The van der Waals surface area contributed by atoms with E-state index in [0.717, 1.165) is 61.7 Å². The first kappa shape index (κ1) is 24.8. The van der Waals surface area contributed by atoms with Crippen molar-refractivity contribution in [3.63, 3.8) is 0 Å². The Morgan fingerprint density at radius 3 is 2.59 bits per heavy atom. The van der Waals surface area contributed by atoms with Crippen LogP contribution in [0.25, 0.3) is 22.4 Å². The van der Waals surface area contributed by atoms with Gasteiger partial charge in [-0.25, -0.2) is 4.79 Å². The lowest BCUT2D eigenvalue weighted by molar-refractivity contribution is 0.0954. The molecule has 0 aliphatic carbocycles. The van der Waals surface area contributed by atoms with Crippen molar-refractivity contribution in [1.82, 2.24) is 19.8 Å². The zero-order chi connectivity index (χ0) is 25.8. The van der Waals surface area contributed by atoms with Gasteiger partial charge in [0.15, 0.2) is 5.58 Å². The molecule has 0 atom stereocenters. The van der Waals surface area contributed by atoms with Gasteiger partial charge in [-0.05, 0) is 54.9 Å². The number of piperazine rings is 1. The van der Waals surface area contributed by atoms with Gasteiger partial charge in [-0.1, -0.05) is 32.0 Å². The number of hydrogen-bond acceptors (Lipinski definition) is 6. The Hall–Kier alpha value is -3.91. The summed E-state index contributed by atoms with van der Waals surface area (Å²) in [4.78, 5) is 34.7. The minimum Gasteiger partial charge on any atom is -0.408 e. The maximum absolute atomic E-state index is 12.7. The number of fused-ring (bicyclic) bond motifs is 1. The first-order chi connectivity index (χ1) is 18.1. The van der Waals surface area contributed by atoms with Crippen LogP contribution in [0.5, 0.6) is 0 Å². The van der Waals surface area contributed by atoms with E-state index in [1.165, 1.54) is 0 Å². The van der Waals surface area contributed by atoms with Crippen LogP contribution in [0.1, 0.15) is 36.2 Å². The SMILES string of the molecule is CCCNC(=O)c1ccc2oc(=O)n(Cc3cccc(-c4ccc(N5CCN(CC)CC5)cn4)c3)c2c1. The molecule has 0 spiro atoms. The van der Waals surface area contributed by atoms with Crippen LogP contribution in [-0.4, -0.2) is 59.6 Å². The Morgan fingerprint density at radius 1 is 1.03 bits per heavy atom. The highest BCUT2D eigenvalue weighted by Crippen LogP contribution is 2.23. The van der Waals surface area contributed by atoms with Crippen molar-refractivity contribution in [2.45, 2.75) is 26.8 Å². The molecule has 1 aliphatic heterocycles. The van der Waals surface area contributed by atoms with Crippen molar-refractivity contribution in [3.05, 3.63) is 82.5 Å². The lowest BCUT2D eigenvalue weighted by atomic mass is 10.1. The van der Waals surface area contributed by atoms with Gasteiger partial charge in [0.2, 0.25) is 0 Å². The number of carbonyl (C=O) groups excluding carboxylic acids is 1. The number of carbonyl (C=O) groups is 1. The van der Waals surface area contributed by atoms with Gasteiger partial charge in [-0.2, -0.15) is 0 Å². The lowest BCUT2D eigenvalue weighted by Gasteiger charge is -2.35. The Morgan fingerprint density at radius 2 is 1.86 bits per heavy atom. The van der Waals surface area contributed by atoms with Crippen molar-refractivity contribution in [3.8, 4) is 11.3 Å². The number of pyridine rings is 1. The standard InChI is InChI=1S/C29H33N5O3/c1-3-12-30-28(35)23-8-11-27-26(18-23)34(29(36)37-27)20-21-6-5-7-22(17-21)25-10-9-24(19-31-25)33-15-13-32(4-2)14-16-33/h5-11,17-19H,3-4,12-16,20H2,1-2H3,(H,30,35).